The van der Waals surface area contributed by atoms with E-state index in [-0.39, 0.29) is 19.1 Å². The van der Waals surface area contributed by atoms with Crippen LogP contribution in [0.1, 0.15) is 19.8 Å². The number of methoxy groups -OCH3 is 1. The van der Waals surface area contributed by atoms with Gasteiger partial charge in [0.25, 0.3) is 0 Å². The Bertz CT molecular complexity index is 199. The first-order valence-electron chi connectivity index (χ1n) is 5.33. The molecule has 0 heterocycles. The van der Waals surface area contributed by atoms with Gasteiger partial charge in [-0.3, -0.25) is 4.79 Å². The van der Waals surface area contributed by atoms with Gasteiger partial charge in [-0.2, -0.15) is 0 Å². The lowest BCUT2D eigenvalue weighted by Crippen LogP contribution is -2.57. The minimum atomic E-state index is -0.984. The molecule has 6 nitrogen and oxygen atoms in total. The fourth-order valence-corrected chi connectivity index (χ4v) is 1.17. The first-order chi connectivity index (χ1) is 7.55. The van der Waals surface area contributed by atoms with Crippen molar-refractivity contribution >= 4 is 5.91 Å². The van der Waals surface area contributed by atoms with E-state index in [0.29, 0.717) is 19.4 Å². The molecule has 0 spiro atoms. The summed E-state index contributed by atoms with van der Waals surface area (Å²) in [5, 5.41) is 20.9. The van der Waals surface area contributed by atoms with Gasteiger partial charge in [0, 0.05) is 13.7 Å². The summed E-state index contributed by atoms with van der Waals surface area (Å²) < 4.78 is 4.81. The van der Waals surface area contributed by atoms with E-state index < -0.39 is 11.6 Å². The Labute approximate surface area is 95.8 Å². The summed E-state index contributed by atoms with van der Waals surface area (Å²) in [5.41, 5.74) is 4.63. The zero-order valence-electron chi connectivity index (χ0n) is 9.90. The van der Waals surface area contributed by atoms with Gasteiger partial charge < -0.3 is 26.0 Å². The van der Waals surface area contributed by atoms with Gasteiger partial charge in [-0.15, -0.1) is 0 Å². The van der Waals surface area contributed by atoms with Crippen molar-refractivity contribution in [2.45, 2.75) is 31.3 Å². The summed E-state index contributed by atoms with van der Waals surface area (Å²) in [6.45, 7) is 1.53. The van der Waals surface area contributed by atoms with Gasteiger partial charge in [0.15, 0.2) is 0 Å². The second-order valence-corrected chi connectivity index (χ2v) is 3.83. The number of aliphatic hydroxyl groups is 2. The van der Waals surface area contributed by atoms with Crippen LogP contribution in [0.4, 0.5) is 0 Å². The maximum absolute atomic E-state index is 11.6. The number of carbonyl (C=O) groups excluding carboxylic acids is 1. The molecule has 96 valence electrons. The molecule has 6 heteroatoms. The van der Waals surface area contributed by atoms with E-state index >= 15 is 0 Å². The molecular formula is C10H22N2O4. The van der Waals surface area contributed by atoms with Crippen LogP contribution in [0, 0.1) is 0 Å². The molecule has 0 aliphatic heterocycles. The zero-order valence-corrected chi connectivity index (χ0v) is 9.90. The minimum absolute atomic E-state index is 0.317. The maximum atomic E-state index is 11.6. The second kappa shape index (κ2) is 7.56. The summed E-state index contributed by atoms with van der Waals surface area (Å²) >= 11 is 0. The van der Waals surface area contributed by atoms with Crippen LogP contribution in [0.3, 0.4) is 0 Å². The Morgan fingerprint density at radius 3 is 2.44 bits per heavy atom. The van der Waals surface area contributed by atoms with Gasteiger partial charge in [-0.1, -0.05) is 6.92 Å². The summed E-state index contributed by atoms with van der Waals surface area (Å²) in [5.74, 6) is -0.387. The molecule has 0 aliphatic carbocycles. The molecule has 0 aromatic rings. The quantitative estimate of drug-likeness (QED) is 0.413. The number of carbonyl (C=O) groups is 1. The number of nitrogens with two attached hydrogens (primary N) is 1. The molecular weight excluding hydrogens is 212 g/mol. The van der Waals surface area contributed by atoms with E-state index in [4.69, 9.17) is 20.7 Å². The Balaban J connectivity index is 4.28. The Morgan fingerprint density at radius 2 is 2.06 bits per heavy atom. The lowest BCUT2D eigenvalue weighted by atomic mass is 9.97. The topological polar surface area (TPSA) is 105 Å². The van der Waals surface area contributed by atoms with Crippen LogP contribution in [0.5, 0.6) is 0 Å². The van der Waals surface area contributed by atoms with Gasteiger partial charge in [-0.05, 0) is 12.8 Å². The van der Waals surface area contributed by atoms with Gasteiger partial charge in [0.1, 0.15) is 0 Å². The molecule has 1 unspecified atom stereocenters. The molecule has 0 aliphatic rings. The molecule has 0 fully saturated rings. The number of hydrogen-bond donors (Lipinski definition) is 4. The van der Waals surface area contributed by atoms with Crippen molar-refractivity contribution in [1.29, 1.82) is 0 Å². The number of nitrogens with one attached hydrogen (secondary N) is 1. The van der Waals surface area contributed by atoms with Crippen molar-refractivity contribution in [3.05, 3.63) is 0 Å². The molecule has 0 bridgehead atoms. The molecule has 1 amide bonds. The highest BCUT2D eigenvalue weighted by Crippen LogP contribution is 2.08. The van der Waals surface area contributed by atoms with Crippen LogP contribution >= 0.6 is 0 Å². The fraction of sp³-hybridized carbons (Fsp3) is 0.900. The third-order valence-corrected chi connectivity index (χ3v) is 2.64. The monoisotopic (exact) mass is 234 g/mol. The lowest BCUT2D eigenvalue weighted by Gasteiger charge is -2.30. The average Bonchev–Trinajstić information content (AvgIpc) is 2.32. The SMILES string of the molecule is CCC(CO)(CO)NC(=O)C(N)CCOC. The van der Waals surface area contributed by atoms with Crippen molar-refractivity contribution in [3.8, 4) is 0 Å². The molecule has 0 aromatic heterocycles. The number of amides is 1. The van der Waals surface area contributed by atoms with Gasteiger partial charge >= 0.3 is 0 Å². The van der Waals surface area contributed by atoms with Crippen LogP contribution in [-0.2, 0) is 9.53 Å². The molecule has 0 aromatic carbocycles. The lowest BCUT2D eigenvalue weighted by molar-refractivity contribution is -0.126. The highest BCUT2D eigenvalue weighted by molar-refractivity contribution is 5.82. The average molecular weight is 234 g/mol. The Morgan fingerprint density at radius 1 is 1.50 bits per heavy atom. The van der Waals surface area contributed by atoms with E-state index in [0.717, 1.165) is 0 Å². The van der Waals surface area contributed by atoms with Crippen LogP contribution in [0.25, 0.3) is 0 Å². The third-order valence-electron chi connectivity index (χ3n) is 2.64. The van der Waals surface area contributed by atoms with E-state index in [2.05, 4.69) is 5.32 Å². The van der Waals surface area contributed by atoms with Crippen molar-refractivity contribution in [2.75, 3.05) is 26.9 Å². The summed E-state index contributed by atoms with van der Waals surface area (Å²) in [7, 11) is 1.53. The van der Waals surface area contributed by atoms with Gasteiger partial charge in [0.2, 0.25) is 5.91 Å². The van der Waals surface area contributed by atoms with Gasteiger partial charge in [-0.25, -0.2) is 0 Å². The first kappa shape index (κ1) is 15.3. The van der Waals surface area contributed by atoms with Crippen LogP contribution < -0.4 is 11.1 Å². The highest BCUT2D eigenvalue weighted by atomic mass is 16.5. The fourth-order valence-electron chi connectivity index (χ4n) is 1.17. The summed E-state index contributed by atoms with van der Waals surface area (Å²) in [6, 6.07) is -0.691. The van der Waals surface area contributed by atoms with Gasteiger partial charge in [0.05, 0.1) is 24.8 Å². The van der Waals surface area contributed by atoms with Crippen molar-refractivity contribution < 1.29 is 19.7 Å². The Kier molecular flexibility index (Phi) is 7.24. The molecule has 1 atom stereocenters. The number of rotatable bonds is 8. The molecule has 16 heavy (non-hydrogen) atoms. The minimum Gasteiger partial charge on any atom is -0.394 e. The van der Waals surface area contributed by atoms with Crippen molar-refractivity contribution in [3.63, 3.8) is 0 Å². The van der Waals surface area contributed by atoms with Crippen molar-refractivity contribution in [2.24, 2.45) is 5.73 Å². The molecule has 0 radical (unpaired) electrons. The van der Waals surface area contributed by atoms with Crippen LogP contribution in [0.15, 0.2) is 0 Å². The molecule has 5 N–H and O–H groups in total. The van der Waals surface area contributed by atoms with Crippen LogP contribution in [-0.4, -0.2) is 54.6 Å². The van der Waals surface area contributed by atoms with E-state index in [1.54, 1.807) is 6.92 Å². The number of aliphatic hydroxyl groups excluding tert-OH is 2. The smallest absolute Gasteiger partial charge is 0.237 e. The summed E-state index contributed by atoms with van der Waals surface area (Å²) in [4.78, 5) is 11.6. The maximum Gasteiger partial charge on any atom is 0.237 e. The van der Waals surface area contributed by atoms with E-state index in [1.807, 2.05) is 0 Å². The largest absolute Gasteiger partial charge is 0.394 e. The molecule has 0 rings (SSSR count). The predicted octanol–water partition coefficient (Wildman–Crippen LogP) is -1.40. The molecule has 0 saturated carbocycles. The highest BCUT2D eigenvalue weighted by Gasteiger charge is 2.30. The zero-order chi connectivity index (χ0) is 12.6. The number of hydrogen-bond acceptors (Lipinski definition) is 5. The second-order valence-electron chi connectivity index (χ2n) is 3.83. The summed E-state index contributed by atoms with van der Waals surface area (Å²) in [6.07, 6.45) is 0.835. The normalized spacial score (nSPS) is 13.6. The Hall–Kier alpha value is -0.690. The third kappa shape index (κ3) is 4.44. The van der Waals surface area contributed by atoms with E-state index in [9.17, 15) is 4.79 Å². The molecule has 0 saturated heterocycles. The number of ether oxygens (including phenoxy) is 1. The standard InChI is InChI=1S/C10H22N2O4/c1-3-10(6-13,7-14)12-9(15)8(11)4-5-16-2/h8,13-14H,3-7,11H2,1-2H3,(H,12,15). The van der Waals surface area contributed by atoms with Crippen molar-refractivity contribution in [1.82, 2.24) is 5.32 Å². The van der Waals surface area contributed by atoms with Crippen LogP contribution in [0.2, 0.25) is 0 Å². The van der Waals surface area contributed by atoms with E-state index in [1.165, 1.54) is 7.11 Å². The predicted molar refractivity (Wildman–Crippen MR) is 59.8 cm³/mol. The first-order valence-corrected chi connectivity index (χ1v) is 5.33.